The van der Waals surface area contributed by atoms with Gasteiger partial charge in [0.05, 0.1) is 17.5 Å². The Morgan fingerprint density at radius 1 is 1.53 bits per heavy atom. The van der Waals surface area contributed by atoms with Gasteiger partial charge in [0.2, 0.25) is 0 Å². The van der Waals surface area contributed by atoms with Gasteiger partial charge in [0.15, 0.2) is 0 Å². The summed E-state index contributed by atoms with van der Waals surface area (Å²) in [5.41, 5.74) is 1.43. The van der Waals surface area contributed by atoms with E-state index in [0.717, 1.165) is 5.69 Å². The number of nitrogens with one attached hydrogen (secondary N) is 1. The summed E-state index contributed by atoms with van der Waals surface area (Å²) in [4.78, 5) is 12.0. The Labute approximate surface area is 99.4 Å². The molecule has 0 spiro atoms. The average molecular weight is 233 g/mol. The van der Waals surface area contributed by atoms with Crippen LogP contribution in [0.25, 0.3) is 0 Å². The Balaban J connectivity index is 2.21. The third kappa shape index (κ3) is 2.22. The van der Waals surface area contributed by atoms with Gasteiger partial charge in [0, 0.05) is 12.6 Å². The molecule has 0 aliphatic heterocycles. The maximum absolute atomic E-state index is 12.0. The monoisotopic (exact) mass is 233 g/mol. The van der Waals surface area contributed by atoms with Crippen LogP contribution in [0, 0.1) is 13.8 Å². The Bertz CT molecular complexity index is 540. The van der Waals surface area contributed by atoms with Gasteiger partial charge < -0.3 is 9.73 Å². The van der Waals surface area contributed by atoms with E-state index >= 15 is 0 Å². The highest BCUT2D eigenvalue weighted by molar-refractivity contribution is 6.04. The Kier molecular flexibility index (Phi) is 2.99. The van der Waals surface area contributed by atoms with Crippen molar-refractivity contribution in [1.29, 1.82) is 0 Å². The summed E-state index contributed by atoms with van der Waals surface area (Å²) in [5.74, 6) is 1.14. The quantitative estimate of drug-likeness (QED) is 0.885. The molecule has 2 aromatic heterocycles. The van der Waals surface area contributed by atoms with Crippen LogP contribution in [0.1, 0.15) is 28.7 Å². The van der Waals surface area contributed by atoms with Crippen LogP contribution < -0.4 is 5.32 Å². The number of hydrogen-bond donors (Lipinski definition) is 1. The molecule has 0 saturated carbocycles. The molecule has 1 N–H and O–H groups in total. The van der Waals surface area contributed by atoms with Gasteiger partial charge in [-0.05, 0) is 26.8 Å². The second-order valence-electron chi connectivity index (χ2n) is 3.83. The zero-order valence-corrected chi connectivity index (χ0v) is 10.2. The molecule has 5 nitrogen and oxygen atoms in total. The van der Waals surface area contributed by atoms with E-state index in [1.165, 1.54) is 6.26 Å². The first-order valence-corrected chi connectivity index (χ1v) is 5.51. The highest BCUT2D eigenvalue weighted by Crippen LogP contribution is 2.14. The summed E-state index contributed by atoms with van der Waals surface area (Å²) in [6, 6.07) is 3.50. The van der Waals surface area contributed by atoms with Crippen LogP contribution in [0.15, 0.2) is 22.8 Å². The molecule has 90 valence electrons. The standard InChI is InChI=1S/C12H15N3O2/c1-4-15-11(7-8(2)14-15)13-12(16)10-5-6-17-9(10)3/h5-7H,4H2,1-3H3,(H,13,16). The highest BCUT2D eigenvalue weighted by atomic mass is 16.3. The molecule has 0 saturated heterocycles. The van der Waals surface area contributed by atoms with E-state index in [-0.39, 0.29) is 5.91 Å². The Morgan fingerprint density at radius 2 is 2.29 bits per heavy atom. The van der Waals surface area contributed by atoms with Crippen molar-refractivity contribution in [1.82, 2.24) is 9.78 Å². The lowest BCUT2D eigenvalue weighted by atomic mass is 10.2. The normalized spacial score (nSPS) is 10.5. The van der Waals surface area contributed by atoms with Gasteiger partial charge in [-0.3, -0.25) is 4.79 Å². The van der Waals surface area contributed by atoms with E-state index < -0.39 is 0 Å². The number of hydrogen-bond acceptors (Lipinski definition) is 3. The van der Waals surface area contributed by atoms with Crippen molar-refractivity contribution >= 4 is 11.7 Å². The fourth-order valence-corrected chi connectivity index (χ4v) is 1.69. The molecule has 2 rings (SSSR count). The topological polar surface area (TPSA) is 60.1 Å². The molecule has 17 heavy (non-hydrogen) atoms. The third-order valence-corrected chi connectivity index (χ3v) is 2.55. The molecular formula is C12H15N3O2. The molecule has 0 unspecified atom stereocenters. The van der Waals surface area contributed by atoms with Crippen molar-refractivity contribution in [3.63, 3.8) is 0 Å². The van der Waals surface area contributed by atoms with Crippen molar-refractivity contribution in [2.75, 3.05) is 5.32 Å². The van der Waals surface area contributed by atoms with E-state index in [1.54, 1.807) is 17.7 Å². The lowest BCUT2D eigenvalue weighted by Crippen LogP contribution is -2.15. The summed E-state index contributed by atoms with van der Waals surface area (Å²) in [5, 5.41) is 7.09. The second kappa shape index (κ2) is 4.45. The van der Waals surface area contributed by atoms with E-state index in [2.05, 4.69) is 10.4 Å². The van der Waals surface area contributed by atoms with Gasteiger partial charge in [-0.2, -0.15) is 5.10 Å². The molecule has 0 aliphatic rings. The first-order chi connectivity index (χ1) is 8.11. The second-order valence-corrected chi connectivity index (χ2v) is 3.83. The summed E-state index contributed by atoms with van der Waals surface area (Å²) >= 11 is 0. The van der Waals surface area contributed by atoms with Gasteiger partial charge in [0.25, 0.3) is 5.91 Å². The summed E-state index contributed by atoms with van der Waals surface area (Å²) in [6.45, 7) is 6.35. The number of aromatic nitrogens is 2. The van der Waals surface area contributed by atoms with Crippen LogP contribution in [0.3, 0.4) is 0 Å². The molecule has 1 amide bonds. The molecule has 0 atom stereocenters. The summed E-state index contributed by atoms with van der Waals surface area (Å²) in [7, 11) is 0. The number of anilines is 1. The van der Waals surface area contributed by atoms with Gasteiger partial charge >= 0.3 is 0 Å². The fourth-order valence-electron chi connectivity index (χ4n) is 1.69. The number of furan rings is 1. The lowest BCUT2D eigenvalue weighted by Gasteiger charge is -2.05. The molecule has 0 fully saturated rings. The number of aryl methyl sites for hydroxylation is 3. The summed E-state index contributed by atoms with van der Waals surface area (Å²) in [6.07, 6.45) is 1.51. The smallest absolute Gasteiger partial charge is 0.260 e. The van der Waals surface area contributed by atoms with Crippen molar-refractivity contribution in [3.8, 4) is 0 Å². The molecule has 5 heteroatoms. The highest BCUT2D eigenvalue weighted by Gasteiger charge is 2.13. The van der Waals surface area contributed by atoms with Crippen LogP contribution in [0.4, 0.5) is 5.82 Å². The van der Waals surface area contributed by atoms with Crippen LogP contribution in [0.2, 0.25) is 0 Å². The summed E-state index contributed by atoms with van der Waals surface area (Å²) < 4.78 is 6.85. The zero-order chi connectivity index (χ0) is 12.4. The molecule has 2 aromatic rings. The largest absolute Gasteiger partial charge is 0.469 e. The first kappa shape index (κ1) is 11.4. The number of carbonyl (C=O) groups is 1. The molecular weight excluding hydrogens is 218 g/mol. The molecule has 2 heterocycles. The molecule has 0 aromatic carbocycles. The number of nitrogens with zero attached hydrogens (tertiary/aromatic N) is 2. The average Bonchev–Trinajstić information content (AvgIpc) is 2.84. The van der Waals surface area contributed by atoms with E-state index in [0.29, 0.717) is 23.7 Å². The number of amides is 1. The van der Waals surface area contributed by atoms with Crippen LogP contribution in [-0.2, 0) is 6.54 Å². The van der Waals surface area contributed by atoms with Crippen LogP contribution >= 0.6 is 0 Å². The molecule has 0 aliphatic carbocycles. The minimum atomic E-state index is -0.175. The van der Waals surface area contributed by atoms with Crippen molar-refractivity contribution < 1.29 is 9.21 Å². The Morgan fingerprint density at radius 3 is 2.88 bits per heavy atom. The van der Waals surface area contributed by atoms with Crippen molar-refractivity contribution in [2.24, 2.45) is 0 Å². The lowest BCUT2D eigenvalue weighted by molar-refractivity contribution is 0.102. The molecule has 0 bridgehead atoms. The molecule has 0 radical (unpaired) electrons. The van der Waals surface area contributed by atoms with E-state index in [9.17, 15) is 4.79 Å². The Hall–Kier alpha value is -2.04. The van der Waals surface area contributed by atoms with Gasteiger partial charge in [-0.15, -0.1) is 0 Å². The van der Waals surface area contributed by atoms with Crippen molar-refractivity contribution in [2.45, 2.75) is 27.3 Å². The predicted octanol–water partition coefficient (Wildman–Crippen LogP) is 2.37. The predicted molar refractivity (Wildman–Crippen MR) is 64.0 cm³/mol. The third-order valence-electron chi connectivity index (χ3n) is 2.55. The zero-order valence-electron chi connectivity index (χ0n) is 10.2. The van der Waals surface area contributed by atoms with Gasteiger partial charge in [-0.1, -0.05) is 0 Å². The van der Waals surface area contributed by atoms with E-state index in [4.69, 9.17) is 4.42 Å². The number of rotatable bonds is 3. The maximum Gasteiger partial charge on any atom is 0.260 e. The van der Waals surface area contributed by atoms with Crippen molar-refractivity contribution in [3.05, 3.63) is 35.4 Å². The minimum Gasteiger partial charge on any atom is -0.469 e. The minimum absolute atomic E-state index is 0.175. The number of carbonyl (C=O) groups excluding carboxylic acids is 1. The first-order valence-electron chi connectivity index (χ1n) is 5.51. The van der Waals surface area contributed by atoms with E-state index in [1.807, 2.05) is 19.9 Å². The van der Waals surface area contributed by atoms with Crippen LogP contribution in [-0.4, -0.2) is 15.7 Å². The van der Waals surface area contributed by atoms with Crippen LogP contribution in [0.5, 0.6) is 0 Å². The van der Waals surface area contributed by atoms with Gasteiger partial charge in [-0.25, -0.2) is 4.68 Å². The fraction of sp³-hybridized carbons (Fsp3) is 0.333. The van der Waals surface area contributed by atoms with Gasteiger partial charge in [0.1, 0.15) is 11.6 Å². The SMILES string of the molecule is CCn1nc(C)cc1NC(=O)c1ccoc1C. The maximum atomic E-state index is 12.0.